The van der Waals surface area contributed by atoms with Gasteiger partial charge in [-0.1, -0.05) is 23.8 Å². The van der Waals surface area contributed by atoms with Crippen LogP contribution in [-0.2, 0) is 4.79 Å². The highest BCUT2D eigenvalue weighted by atomic mass is 35.5. The van der Waals surface area contributed by atoms with Gasteiger partial charge in [-0.05, 0) is 38.1 Å². The minimum atomic E-state index is -0.972. The number of hydrogen-bond acceptors (Lipinski definition) is 2. The van der Waals surface area contributed by atoms with Crippen LogP contribution in [0.15, 0.2) is 49.6 Å². The summed E-state index contributed by atoms with van der Waals surface area (Å²) in [6.07, 6.45) is 3.36. The van der Waals surface area contributed by atoms with Crippen LogP contribution in [0.1, 0.15) is 13.8 Å². The van der Waals surface area contributed by atoms with Gasteiger partial charge in [-0.2, -0.15) is 0 Å². The van der Waals surface area contributed by atoms with Crippen molar-refractivity contribution in [1.82, 2.24) is 4.90 Å². The SMILES string of the molecule is C=CCN(CC=C)C(=O)C(C)(C)Oc1ccc(Cl)cc1. The number of carbonyl (C=O) groups excluding carboxylic acids is 1. The molecule has 0 fully saturated rings. The van der Waals surface area contributed by atoms with Gasteiger partial charge in [-0.25, -0.2) is 0 Å². The van der Waals surface area contributed by atoms with E-state index in [0.29, 0.717) is 23.9 Å². The second-order valence-electron chi connectivity index (χ2n) is 4.85. The predicted molar refractivity (Wildman–Crippen MR) is 83.1 cm³/mol. The molecule has 0 saturated heterocycles. The van der Waals surface area contributed by atoms with Crippen LogP contribution in [0, 0.1) is 0 Å². The lowest BCUT2D eigenvalue weighted by Gasteiger charge is -2.31. The lowest BCUT2D eigenvalue weighted by molar-refractivity contribution is -0.144. The number of ether oxygens (including phenoxy) is 1. The maximum Gasteiger partial charge on any atom is 0.266 e. The van der Waals surface area contributed by atoms with E-state index in [9.17, 15) is 4.79 Å². The molecule has 0 atom stereocenters. The van der Waals surface area contributed by atoms with E-state index >= 15 is 0 Å². The maximum absolute atomic E-state index is 12.5. The van der Waals surface area contributed by atoms with E-state index in [1.807, 2.05) is 0 Å². The Morgan fingerprint density at radius 1 is 1.25 bits per heavy atom. The van der Waals surface area contributed by atoms with Crippen molar-refractivity contribution >= 4 is 17.5 Å². The lowest BCUT2D eigenvalue weighted by Crippen LogP contribution is -2.49. The Labute approximate surface area is 125 Å². The molecule has 0 aliphatic heterocycles. The van der Waals surface area contributed by atoms with Crippen molar-refractivity contribution in [3.63, 3.8) is 0 Å². The Hall–Kier alpha value is -1.74. The van der Waals surface area contributed by atoms with Crippen molar-refractivity contribution in [3.05, 3.63) is 54.6 Å². The number of carbonyl (C=O) groups is 1. The van der Waals surface area contributed by atoms with Crippen molar-refractivity contribution in [3.8, 4) is 5.75 Å². The summed E-state index contributed by atoms with van der Waals surface area (Å²) < 4.78 is 5.77. The minimum absolute atomic E-state index is 0.118. The normalized spacial score (nSPS) is 10.8. The van der Waals surface area contributed by atoms with E-state index in [0.717, 1.165) is 0 Å². The molecule has 0 bridgehead atoms. The minimum Gasteiger partial charge on any atom is -0.478 e. The van der Waals surface area contributed by atoms with Crippen LogP contribution in [0.4, 0.5) is 0 Å². The van der Waals surface area contributed by atoms with E-state index in [4.69, 9.17) is 16.3 Å². The Morgan fingerprint density at radius 2 is 1.75 bits per heavy atom. The van der Waals surface area contributed by atoms with Gasteiger partial charge in [0.05, 0.1) is 0 Å². The van der Waals surface area contributed by atoms with E-state index in [1.54, 1.807) is 55.2 Å². The smallest absolute Gasteiger partial charge is 0.266 e. The molecule has 0 heterocycles. The zero-order valence-corrected chi connectivity index (χ0v) is 12.7. The fraction of sp³-hybridized carbons (Fsp3) is 0.312. The molecule has 1 amide bonds. The van der Waals surface area contributed by atoms with Crippen molar-refractivity contribution < 1.29 is 9.53 Å². The number of nitrogens with zero attached hydrogens (tertiary/aromatic N) is 1. The fourth-order valence-electron chi connectivity index (χ4n) is 1.77. The molecule has 0 saturated carbocycles. The fourth-order valence-corrected chi connectivity index (χ4v) is 1.90. The molecule has 1 rings (SSSR count). The summed E-state index contributed by atoms with van der Waals surface area (Å²) in [5.41, 5.74) is -0.972. The Morgan fingerprint density at radius 3 is 2.20 bits per heavy atom. The second kappa shape index (κ2) is 7.15. The van der Waals surface area contributed by atoms with Crippen LogP contribution in [0.5, 0.6) is 5.75 Å². The first kappa shape index (κ1) is 16.3. The van der Waals surface area contributed by atoms with Gasteiger partial charge in [0.2, 0.25) is 0 Å². The van der Waals surface area contributed by atoms with Gasteiger partial charge in [0.1, 0.15) is 5.75 Å². The molecule has 1 aromatic carbocycles. The van der Waals surface area contributed by atoms with Gasteiger partial charge in [0.15, 0.2) is 5.60 Å². The number of rotatable bonds is 7. The average Bonchev–Trinajstić information content (AvgIpc) is 2.40. The first-order chi connectivity index (χ1) is 9.40. The van der Waals surface area contributed by atoms with Crippen LogP contribution in [0.25, 0.3) is 0 Å². The van der Waals surface area contributed by atoms with Crippen molar-refractivity contribution in [2.75, 3.05) is 13.1 Å². The summed E-state index contributed by atoms with van der Waals surface area (Å²) in [5.74, 6) is 0.483. The van der Waals surface area contributed by atoms with Gasteiger partial charge in [-0.3, -0.25) is 4.79 Å². The summed E-state index contributed by atoms with van der Waals surface area (Å²) in [5, 5.41) is 0.626. The molecule has 3 nitrogen and oxygen atoms in total. The van der Waals surface area contributed by atoms with E-state index < -0.39 is 5.60 Å². The van der Waals surface area contributed by atoms with Crippen molar-refractivity contribution in [2.45, 2.75) is 19.4 Å². The molecule has 108 valence electrons. The molecule has 0 radical (unpaired) electrons. The molecule has 0 aliphatic rings. The molecule has 0 N–H and O–H groups in total. The van der Waals surface area contributed by atoms with Crippen LogP contribution in [0.2, 0.25) is 5.02 Å². The van der Waals surface area contributed by atoms with Gasteiger partial charge in [0.25, 0.3) is 5.91 Å². The molecule has 4 heteroatoms. The summed E-state index contributed by atoms with van der Waals surface area (Å²) in [7, 11) is 0. The van der Waals surface area contributed by atoms with Gasteiger partial charge < -0.3 is 9.64 Å². The number of amides is 1. The summed E-state index contributed by atoms with van der Waals surface area (Å²) in [6, 6.07) is 6.93. The average molecular weight is 294 g/mol. The number of hydrogen-bond donors (Lipinski definition) is 0. The molecule has 0 spiro atoms. The molecular formula is C16H20ClNO2. The quantitative estimate of drug-likeness (QED) is 0.718. The van der Waals surface area contributed by atoms with E-state index in [-0.39, 0.29) is 5.91 Å². The lowest BCUT2D eigenvalue weighted by atomic mass is 10.1. The zero-order valence-electron chi connectivity index (χ0n) is 11.9. The highest BCUT2D eigenvalue weighted by Gasteiger charge is 2.33. The van der Waals surface area contributed by atoms with E-state index in [2.05, 4.69) is 13.2 Å². The van der Waals surface area contributed by atoms with Gasteiger partial charge >= 0.3 is 0 Å². The van der Waals surface area contributed by atoms with Crippen LogP contribution >= 0.6 is 11.6 Å². The second-order valence-corrected chi connectivity index (χ2v) is 5.29. The van der Waals surface area contributed by atoms with Crippen molar-refractivity contribution in [1.29, 1.82) is 0 Å². The number of benzene rings is 1. The largest absolute Gasteiger partial charge is 0.478 e. The van der Waals surface area contributed by atoms with E-state index in [1.165, 1.54) is 0 Å². The predicted octanol–water partition coefficient (Wildman–Crippen LogP) is 3.70. The summed E-state index contributed by atoms with van der Waals surface area (Å²) in [4.78, 5) is 14.1. The van der Waals surface area contributed by atoms with Gasteiger partial charge in [0, 0.05) is 18.1 Å². The molecule has 20 heavy (non-hydrogen) atoms. The van der Waals surface area contributed by atoms with Crippen LogP contribution < -0.4 is 4.74 Å². The summed E-state index contributed by atoms with van der Waals surface area (Å²) >= 11 is 5.83. The number of halogens is 1. The highest BCUT2D eigenvalue weighted by molar-refractivity contribution is 6.30. The van der Waals surface area contributed by atoms with Crippen LogP contribution in [0.3, 0.4) is 0 Å². The molecular weight excluding hydrogens is 274 g/mol. The molecule has 1 aromatic rings. The Kier molecular flexibility index (Phi) is 5.83. The van der Waals surface area contributed by atoms with Gasteiger partial charge in [-0.15, -0.1) is 13.2 Å². The summed E-state index contributed by atoms with van der Waals surface area (Å²) in [6.45, 7) is 11.7. The maximum atomic E-state index is 12.5. The molecule has 0 aliphatic carbocycles. The Bertz CT molecular complexity index is 470. The van der Waals surface area contributed by atoms with Crippen molar-refractivity contribution in [2.24, 2.45) is 0 Å². The van der Waals surface area contributed by atoms with Crippen LogP contribution in [-0.4, -0.2) is 29.5 Å². The highest BCUT2D eigenvalue weighted by Crippen LogP contribution is 2.22. The first-order valence-corrected chi connectivity index (χ1v) is 6.74. The first-order valence-electron chi connectivity index (χ1n) is 6.36. The molecule has 0 unspecified atom stereocenters. The topological polar surface area (TPSA) is 29.5 Å². The Balaban J connectivity index is 2.84. The molecule has 0 aromatic heterocycles. The third-order valence-corrected chi connectivity index (χ3v) is 2.94. The third kappa shape index (κ3) is 4.42. The standard InChI is InChI=1S/C16H20ClNO2/c1-5-11-18(12-6-2)15(19)16(3,4)20-14-9-7-13(17)8-10-14/h5-10H,1-2,11-12H2,3-4H3. The third-order valence-electron chi connectivity index (χ3n) is 2.69. The zero-order chi connectivity index (χ0) is 15.2. The monoisotopic (exact) mass is 293 g/mol.